The van der Waals surface area contributed by atoms with Gasteiger partial charge in [0, 0.05) is 22.8 Å². The van der Waals surface area contributed by atoms with Crippen molar-refractivity contribution in [1.82, 2.24) is 0 Å². The van der Waals surface area contributed by atoms with E-state index in [9.17, 15) is 8.42 Å². The molecule has 112 valence electrons. The zero-order chi connectivity index (χ0) is 15.5. The molecule has 21 heavy (non-hydrogen) atoms. The van der Waals surface area contributed by atoms with Gasteiger partial charge in [-0.15, -0.1) is 0 Å². The van der Waals surface area contributed by atoms with Crippen LogP contribution in [0, 0.1) is 0 Å². The van der Waals surface area contributed by atoms with Gasteiger partial charge in [-0.2, -0.15) is 0 Å². The summed E-state index contributed by atoms with van der Waals surface area (Å²) in [6.45, 7) is 0.324. The lowest BCUT2D eigenvalue weighted by Gasteiger charge is -2.12. The first-order valence-corrected chi connectivity index (χ1v) is 8.36. The molecule has 0 amide bonds. The second-order valence-electron chi connectivity index (χ2n) is 4.38. The van der Waals surface area contributed by atoms with E-state index in [1.54, 1.807) is 31.4 Å². The number of benzene rings is 2. The average Bonchev–Trinajstić information content (AvgIpc) is 2.44. The highest BCUT2D eigenvalue weighted by molar-refractivity contribution is 9.10. The monoisotopic (exact) mass is 370 g/mol. The van der Waals surface area contributed by atoms with Gasteiger partial charge in [-0.3, -0.25) is 4.72 Å². The van der Waals surface area contributed by atoms with E-state index in [1.807, 2.05) is 6.07 Å². The summed E-state index contributed by atoms with van der Waals surface area (Å²) in [6, 6.07) is 11.6. The Balaban J connectivity index is 2.35. The van der Waals surface area contributed by atoms with Crippen LogP contribution in [0.2, 0.25) is 0 Å². The molecule has 0 saturated heterocycles. The first-order chi connectivity index (χ1) is 9.94. The second-order valence-corrected chi connectivity index (χ2v) is 6.92. The van der Waals surface area contributed by atoms with Gasteiger partial charge in [0.2, 0.25) is 0 Å². The zero-order valence-corrected chi connectivity index (χ0v) is 13.7. The van der Waals surface area contributed by atoms with E-state index in [-0.39, 0.29) is 4.90 Å². The molecular formula is C14H15BrN2O3S. The van der Waals surface area contributed by atoms with Crippen molar-refractivity contribution in [2.45, 2.75) is 11.5 Å². The molecule has 0 aliphatic heterocycles. The van der Waals surface area contributed by atoms with Crippen molar-refractivity contribution in [3.05, 3.63) is 52.5 Å². The normalized spacial score (nSPS) is 11.3. The summed E-state index contributed by atoms with van der Waals surface area (Å²) in [5.74, 6) is 0. The molecule has 0 bridgehead atoms. The maximum absolute atomic E-state index is 12.4. The highest BCUT2D eigenvalue weighted by Gasteiger charge is 2.16. The summed E-state index contributed by atoms with van der Waals surface area (Å²) < 4.78 is 33.0. The Bertz CT molecular complexity index is 748. The fourth-order valence-electron chi connectivity index (χ4n) is 1.78. The number of sulfonamides is 1. The third-order valence-corrected chi connectivity index (χ3v) is 4.89. The maximum atomic E-state index is 12.4. The summed E-state index contributed by atoms with van der Waals surface area (Å²) in [4.78, 5) is 0.135. The number of anilines is 2. The quantitative estimate of drug-likeness (QED) is 0.792. The van der Waals surface area contributed by atoms with Gasteiger partial charge < -0.3 is 10.5 Å². The summed E-state index contributed by atoms with van der Waals surface area (Å²) in [5.41, 5.74) is 7.40. The van der Waals surface area contributed by atoms with Gasteiger partial charge in [-0.1, -0.05) is 18.2 Å². The molecule has 0 unspecified atom stereocenters. The van der Waals surface area contributed by atoms with Crippen LogP contribution in [0.25, 0.3) is 0 Å². The standard InChI is InChI=1S/C14H15BrN2O3S/c1-20-9-10-4-2-3-5-14(10)17-21(18,19)11-6-7-13(16)12(15)8-11/h2-8,17H,9,16H2,1H3. The molecular weight excluding hydrogens is 356 g/mol. The van der Waals surface area contributed by atoms with E-state index in [0.29, 0.717) is 22.5 Å². The fourth-order valence-corrected chi connectivity index (χ4v) is 3.44. The van der Waals surface area contributed by atoms with Gasteiger partial charge in [-0.25, -0.2) is 8.42 Å². The van der Waals surface area contributed by atoms with Gasteiger partial charge in [-0.05, 0) is 40.2 Å². The highest BCUT2D eigenvalue weighted by Crippen LogP contribution is 2.25. The number of nitrogens with two attached hydrogens (primary N) is 1. The van der Waals surface area contributed by atoms with Crippen LogP contribution in [0.5, 0.6) is 0 Å². The van der Waals surface area contributed by atoms with Crippen LogP contribution >= 0.6 is 15.9 Å². The van der Waals surface area contributed by atoms with E-state index < -0.39 is 10.0 Å². The topological polar surface area (TPSA) is 81.4 Å². The van der Waals surface area contributed by atoms with Gasteiger partial charge >= 0.3 is 0 Å². The van der Waals surface area contributed by atoms with Gasteiger partial charge in [0.1, 0.15) is 0 Å². The van der Waals surface area contributed by atoms with Crippen molar-refractivity contribution >= 4 is 37.3 Å². The van der Waals surface area contributed by atoms with E-state index in [1.165, 1.54) is 12.1 Å². The molecule has 0 aromatic heterocycles. The van der Waals surface area contributed by atoms with Crippen LogP contribution in [-0.2, 0) is 21.4 Å². The number of rotatable bonds is 5. The Morgan fingerprint density at radius 2 is 1.95 bits per heavy atom. The largest absolute Gasteiger partial charge is 0.398 e. The molecule has 7 heteroatoms. The van der Waals surface area contributed by atoms with E-state index >= 15 is 0 Å². The van der Waals surface area contributed by atoms with Gasteiger partial charge in [0.15, 0.2) is 0 Å². The minimum Gasteiger partial charge on any atom is -0.398 e. The first kappa shape index (κ1) is 15.8. The molecule has 0 atom stereocenters. The predicted molar refractivity (Wildman–Crippen MR) is 86.5 cm³/mol. The van der Waals surface area contributed by atoms with Crippen molar-refractivity contribution in [3.63, 3.8) is 0 Å². The SMILES string of the molecule is COCc1ccccc1NS(=O)(=O)c1ccc(N)c(Br)c1. The Kier molecular flexibility index (Phi) is 4.87. The molecule has 0 spiro atoms. The number of hydrogen-bond acceptors (Lipinski definition) is 4. The molecule has 0 saturated carbocycles. The number of methoxy groups -OCH3 is 1. The van der Waals surface area contributed by atoms with Crippen molar-refractivity contribution in [2.24, 2.45) is 0 Å². The van der Waals surface area contributed by atoms with E-state index in [2.05, 4.69) is 20.7 Å². The third-order valence-electron chi connectivity index (χ3n) is 2.84. The molecule has 0 aliphatic rings. The molecule has 2 aromatic carbocycles. The minimum atomic E-state index is -3.68. The molecule has 5 nitrogen and oxygen atoms in total. The lowest BCUT2D eigenvalue weighted by Crippen LogP contribution is -2.14. The van der Waals surface area contributed by atoms with E-state index in [4.69, 9.17) is 10.5 Å². The van der Waals surface area contributed by atoms with E-state index in [0.717, 1.165) is 5.56 Å². The number of ether oxygens (including phenoxy) is 1. The van der Waals surface area contributed by atoms with Gasteiger partial charge in [0.25, 0.3) is 10.0 Å². The molecule has 2 rings (SSSR count). The Morgan fingerprint density at radius 1 is 1.24 bits per heavy atom. The fraction of sp³-hybridized carbons (Fsp3) is 0.143. The number of para-hydroxylation sites is 1. The summed E-state index contributed by atoms with van der Waals surface area (Å²) in [7, 11) is -2.13. The number of nitrogens with one attached hydrogen (secondary N) is 1. The molecule has 3 N–H and O–H groups in total. The van der Waals surface area contributed by atoms with Crippen LogP contribution in [-0.4, -0.2) is 15.5 Å². The van der Waals surface area contributed by atoms with Crippen molar-refractivity contribution in [1.29, 1.82) is 0 Å². The van der Waals surface area contributed by atoms with Crippen molar-refractivity contribution in [2.75, 3.05) is 17.6 Å². The van der Waals surface area contributed by atoms with Crippen LogP contribution in [0.15, 0.2) is 51.8 Å². The van der Waals surface area contributed by atoms with Crippen molar-refractivity contribution < 1.29 is 13.2 Å². The summed E-state index contributed by atoms with van der Waals surface area (Å²) in [6.07, 6.45) is 0. The molecule has 0 fully saturated rings. The van der Waals surface area contributed by atoms with Crippen LogP contribution in [0.1, 0.15) is 5.56 Å². The number of nitrogen functional groups attached to an aromatic ring is 1. The average molecular weight is 371 g/mol. The highest BCUT2D eigenvalue weighted by atomic mass is 79.9. The smallest absolute Gasteiger partial charge is 0.261 e. The Hall–Kier alpha value is -1.57. The summed E-state index contributed by atoms with van der Waals surface area (Å²) >= 11 is 3.23. The van der Waals surface area contributed by atoms with Crippen LogP contribution < -0.4 is 10.5 Å². The van der Waals surface area contributed by atoms with Crippen LogP contribution in [0.4, 0.5) is 11.4 Å². The minimum absolute atomic E-state index is 0.135. The summed E-state index contributed by atoms with van der Waals surface area (Å²) in [5, 5.41) is 0. The van der Waals surface area contributed by atoms with Crippen LogP contribution in [0.3, 0.4) is 0 Å². The third kappa shape index (κ3) is 3.75. The lowest BCUT2D eigenvalue weighted by atomic mass is 10.2. The molecule has 0 heterocycles. The predicted octanol–water partition coefficient (Wildman–Crippen LogP) is 2.98. The second kappa shape index (κ2) is 6.46. The number of hydrogen-bond donors (Lipinski definition) is 2. The number of halogens is 1. The molecule has 0 aliphatic carbocycles. The lowest BCUT2D eigenvalue weighted by molar-refractivity contribution is 0.185. The van der Waals surface area contributed by atoms with Crippen molar-refractivity contribution in [3.8, 4) is 0 Å². The van der Waals surface area contributed by atoms with Gasteiger partial charge in [0.05, 0.1) is 17.2 Å². The Morgan fingerprint density at radius 3 is 2.62 bits per heavy atom. The Labute approximate surface area is 132 Å². The molecule has 2 aromatic rings. The zero-order valence-electron chi connectivity index (χ0n) is 11.3. The maximum Gasteiger partial charge on any atom is 0.261 e. The molecule has 0 radical (unpaired) electrons. The first-order valence-electron chi connectivity index (χ1n) is 6.09.